The first-order valence-electron chi connectivity index (χ1n) is 11.7. The summed E-state index contributed by atoms with van der Waals surface area (Å²) in [5.41, 5.74) is 1.53. The van der Waals surface area contributed by atoms with Crippen LogP contribution in [-0.2, 0) is 14.3 Å². The summed E-state index contributed by atoms with van der Waals surface area (Å²) in [5, 5.41) is 22.7. The van der Waals surface area contributed by atoms with Crippen LogP contribution in [0.15, 0.2) is 60.5 Å². The van der Waals surface area contributed by atoms with E-state index in [0.29, 0.717) is 23.1 Å². The number of carbonyl (C=O) groups is 2. The number of benzene rings is 1. The monoisotopic (exact) mass is 505 g/mol. The number of hydrogen-bond acceptors (Lipinski definition) is 9. The maximum absolute atomic E-state index is 13.3. The van der Waals surface area contributed by atoms with Gasteiger partial charge in [-0.15, -0.1) is 0 Å². The van der Waals surface area contributed by atoms with E-state index >= 15 is 0 Å². The van der Waals surface area contributed by atoms with Gasteiger partial charge >= 0.3 is 5.97 Å². The number of hydrogen-bond donors (Lipinski definition) is 1. The van der Waals surface area contributed by atoms with Gasteiger partial charge in [0.15, 0.2) is 0 Å². The summed E-state index contributed by atoms with van der Waals surface area (Å²) in [7, 11) is 1.52. The fourth-order valence-electron chi connectivity index (χ4n) is 4.29. The van der Waals surface area contributed by atoms with Crippen LogP contribution in [0.4, 0.5) is 5.69 Å². The minimum absolute atomic E-state index is 0.0330. The largest absolute Gasteiger partial charge is 0.461 e. The van der Waals surface area contributed by atoms with Gasteiger partial charge in [0.1, 0.15) is 6.61 Å². The summed E-state index contributed by atoms with van der Waals surface area (Å²) in [6, 6.07) is 9.48. The van der Waals surface area contributed by atoms with Crippen molar-refractivity contribution in [2.75, 3.05) is 20.3 Å². The highest BCUT2D eigenvalue weighted by atomic mass is 16.6. The van der Waals surface area contributed by atoms with Gasteiger partial charge in [-0.2, -0.15) is 5.26 Å². The number of amides is 1. The molecule has 0 spiro atoms. The fourth-order valence-corrected chi connectivity index (χ4v) is 4.29. The topological polar surface area (TPSA) is 157 Å². The number of ether oxygens (including phenoxy) is 2. The molecule has 11 nitrogen and oxygen atoms in total. The van der Waals surface area contributed by atoms with Crippen molar-refractivity contribution in [1.29, 1.82) is 5.26 Å². The predicted molar refractivity (Wildman–Crippen MR) is 133 cm³/mol. The molecule has 0 bridgehead atoms. The Balaban J connectivity index is 1.91. The Bertz CT molecular complexity index is 1220. The average molecular weight is 506 g/mol. The molecule has 0 saturated carbocycles. The zero-order valence-corrected chi connectivity index (χ0v) is 20.5. The maximum atomic E-state index is 13.3. The molecular weight excluding hydrogens is 478 g/mol. The Morgan fingerprint density at radius 3 is 2.54 bits per heavy atom. The molecule has 37 heavy (non-hydrogen) atoms. The molecule has 1 amide bonds. The van der Waals surface area contributed by atoms with Gasteiger partial charge in [-0.25, -0.2) is 14.8 Å². The summed E-state index contributed by atoms with van der Waals surface area (Å²) < 4.78 is 11.1. The molecule has 3 atom stereocenters. The lowest BCUT2D eigenvalue weighted by atomic mass is 9.73. The van der Waals surface area contributed by atoms with E-state index in [1.165, 1.54) is 31.6 Å². The van der Waals surface area contributed by atoms with Gasteiger partial charge in [0.25, 0.3) is 11.6 Å². The number of methoxy groups -OCH3 is 1. The number of nitro benzene ring substituents is 1. The van der Waals surface area contributed by atoms with Crippen LogP contribution in [0.5, 0.6) is 0 Å². The first-order valence-corrected chi connectivity index (χ1v) is 11.7. The number of esters is 1. The van der Waals surface area contributed by atoms with Gasteiger partial charge in [-0.3, -0.25) is 14.9 Å². The number of nitrogens with one attached hydrogen (secondary N) is 1. The molecule has 0 saturated heterocycles. The van der Waals surface area contributed by atoms with Crippen LogP contribution in [0, 0.1) is 33.3 Å². The third-order valence-electron chi connectivity index (χ3n) is 6.07. The highest BCUT2D eigenvalue weighted by molar-refractivity contribution is 6.01. The Kier molecular flexibility index (Phi) is 9.57. The lowest BCUT2D eigenvalue weighted by Gasteiger charge is -2.35. The van der Waals surface area contributed by atoms with E-state index < -0.39 is 22.9 Å². The smallest absolute Gasteiger partial charge is 0.334 e. The standard InChI is InChI=1S/C26H27N5O6/c1-3-19-21(22(36-2)16-30-25(32)24-28-13-5-14-29-24)11-10-20(23(19)26(33)37-15-4-12-27)17-6-8-18(9-7-17)31(34)35/h5-11,13-14,19,21-22H,3-4,15-16H2,1-2H3,(H,30,32). The van der Waals surface area contributed by atoms with Gasteiger partial charge in [-0.05, 0) is 35.8 Å². The molecule has 1 N–H and O–H groups in total. The van der Waals surface area contributed by atoms with E-state index in [4.69, 9.17) is 14.7 Å². The second-order valence-electron chi connectivity index (χ2n) is 8.18. The summed E-state index contributed by atoms with van der Waals surface area (Å²) in [6.45, 7) is 2.01. The number of aromatic nitrogens is 2. The van der Waals surface area contributed by atoms with Crippen LogP contribution in [0.2, 0.25) is 0 Å². The molecule has 0 fully saturated rings. The van der Waals surface area contributed by atoms with Gasteiger partial charge in [0, 0.05) is 55.6 Å². The van der Waals surface area contributed by atoms with Crippen LogP contribution < -0.4 is 5.32 Å². The van der Waals surface area contributed by atoms with Crippen molar-refractivity contribution in [2.45, 2.75) is 25.9 Å². The van der Waals surface area contributed by atoms with Crippen LogP contribution in [-0.4, -0.2) is 53.1 Å². The van der Waals surface area contributed by atoms with Crippen LogP contribution in [0.1, 0.15) is 35.9 Å². The Hall–Kier alpha value is -4.43. The number of nitro groups is 1. The molecular formula is C26H27N5O6. The number of carbonyl (C=O) groups excluding carboxylic acids is 2. The fraction of sp³-hybridized carbons (Fsp3) is 0.346. The van der Waals surface area contributed by atoms with Crippen molar-refractivity contribution in [3.05, 3.63) is 82.0 Å². The van der Waals surface area contributed by atoms with Crippen LogP contribution in [0.3, 0.4) is 0 Å². The summed E-state index contributed by atoms with van der Waals surface area (Å²) in [5.74, 6) is -1.63. The average Bonchev–Trinajstić information content (AvgIpc) is 2.93. The molecule has 192 valence electrons. The first-order chi connectivity index (χ1) is 17.9. The van der Waals surface area contributed by atoms with Gasteiger partial charge < -0.3 is 14.8 Å². The Labute approximate surface area is 214 Å². The second kappa shape index (κ2) is 13.0. The summed E-state index contributed by atoms with van der Waals surface area (Å²) in [6.07, 6.45) is 6.74. The molecule has 0 radical (unpaired) electrons. The van der Waals surface area contributed by atoms with Crippen molar-refractivity contribution in [2.24, 2.45) is 11.8 Å². The molecule has 11 heteroatoms. The van der Waals surface area contributed by atoms with Crippen LogP contribution in [0.25, 0.3) is 5.57 Å². The Morgan fingerprint density at radius 2 is 1.95 bits per heavy atom. The minimum Gasteiger partial charge on any atom is -0.461 e. The van der Waals surface area contributed by atoms with E-state index in [9.17, 15) is 19.7 Å². The van der Waals surface area contributed by atoms with E-state index in [0.717, 1.165) is 0 Å². The third-order valence-corrected chi connectivity index (χ3v) is 6.07. The summed E-state index contributed by atoms with van der Waals surface area (Å²) in [4.78, 5) is 44.2. The molecule has 1 aromatic heterocycles. The molecule has 0 aliphatic heterocycles. The lowest BCUT2D eigenvalue weighted by Crippen LogP contribution is -2.42. The zero-order chi connectivity index (χ0) is 26.8. The SMILES string of the molecule is CCC1C(C(=O)OCCC#N)=C(c2ccc([N+](=O)[O-])cc2)C=CC1C(CNC(=O)c1ncccn1)OC. The zero-order valence-electron chi connectivity index (χ0n) is 20.5. The summed E-state index contributed by atoms with van der Waals surface area (Å²) >= 11 is 0. The normalized spacial score (nSPS) is 17.5. The predicted octanol–water partition coefficient (Wildman–Crippen LogP) is 3.25. The number of nitriles is 1. The van der Waals surface area contributed by atoms with Gasteiger partial charge in [0.05, 0.1) is 23.5 Å². The Morgan fingerprint density at radius 1 is 1.24 bits per heavy atom. The van der Waals surface area contributed by atoms with Crippen molar-refractivity contribution in [3.8, 4) is 6.07 Å². The molecule has 3 unspecified atom stereocenters. The van der Waals surface area contributed by atoms with E-state index in [-0.39, 0.29) is 42.9 Å². The van der Waals surface area contributed by atoms with Crippen LogP contribution >= 0.6 is 0 Å². The van der Waals surface area contributed by atoms with Crippen molar-refractivity contribution < 1.29 is 24.0 Å². The van der Waals surface area contributed by atoms with E-state index in [2.05, 4.69) is 15.3 Å². The molecule has 1 heterocycles. The molecule has 1 aromatic carbocycles. The van der Waals surface area contributed by atoms with E-state index in [1.807, 2.05) is 19.1 Å². The van der Waals surface area contributed by atoms with Gasteiger partial charge in [0.2, 0.25) is 5.82 Å². The first kappa shape index (κ1) is 27.2. The van der Waals surface area contributed by atoms with E-state index in [1.54, 1.807) is 24.3 Å². The number of non-ortho nitro benzene ring substituents is 1. The van der Waals surface area contributed by atoms with Gasteiger partial charge in [-0.1, -0.05) is 19.1 Å². The highest BCUT2D eigenvalue weighted by Crippen LogP contribution is 2.40. The van der Waals surface area contributed by atoms with Crippen molar-refractivity contribution >= 4 is 23.1 Å². The quantitative estimate of drug-likeness (QED) is 0.209. The minimum atomic E-state index is -0.568. The molecule has 1 aliphatic rings. The molecule has 2 aromatic rings. The number of rotatable bonds is 11. The molecule has 1 aliphatic carbocycles. The highest BCUT2D eigenvalue weighted by Gasteiger charge is 2.37. The maximum Gasteiger partial charge on any atom is 0.334 e. The number of allylic oxidation sites excluding steroid dienone is 2. The van der Waals surface area contributed by atoms with Crippen molar-refractivity contribution in [3.63, 3.8) is 0 Å². The second-order valence-corrected chi connectivity index (χ2v) is 8.18. The third kappa shape index (κ3) is 6.62. The molecule has 3 rings (SSSR count). The lowest BCUT2D eigenvalue weighted by molar-refractivity contribution is -0.384. The van der Waals surface area contributed by atoms with Crippen molar-refractivity contribution in [1.82, 2.24) is 15.3 Å². The number of nitrogens with zero attached hydrogens (tertiary/aromatic N) is 4.